The van der Waals surface area contributed by atoms with Gasteiger partial charge >= 0.3 is 0 Å². The number of carbonyl (C=O) groups excluding carboxylic acids is 2. The predicted octanol–water partition coefficient (Wildman–Crippen LogP) is 4.68. The molecule has 0 bridgehead atoms. The van der Waals surface area contributed by atoms with Gasteiger partial charge in [0.15, 0.2) is 17.6 Å². The molecule has 1 aromatic heterocycles. The second kappa shape index (κ2) is 7.50. The summed E-state index contributed by atoms with van der Waals surface area (Å²) in [6, 6.07) is 13.8. The van der Waals surface area contributed by atoms with E-state index >= 15 is 0 Å². The van der Waals surface area contributed by atoms with E-state index in [1.807, 2.05) is 20.8 Å². The van der Waals surface area contributed by atoms with Gasteiger partial charge in [-0.25, -0.2) is 4.39 Å². The van der Waals surface area contributed by atoms with Crippen molar-refractivity contribution in [1.29, 1.82) is 0 Å². The minimum atomic E-state index is -1.31. The van der Waals surface area contributed by atoms with Gasteiger partial charge in [0.05, 0.1) is 5.57 Å². The Bertz CT molecular complexity index is 1170. The fourth-order valence-electron chi connectivity index (χ4n) is 3.47. The molecule has 1 atom stereocenters. The number of aromatic nitrogens is 1. The zero-order valence-electron chi connectivity index (χ0n) is 17.3. The average molecular weight is 420 g/mol. The molecule has 2 heterocycles. The maximum atomic E-state index is 13.4. The molecule has 3 aromatic rings. The molecule has 0 saturated carbocycles. The Morgan fingerprint density at radius 2 is 1.74 bits per heavy atom. The number of hydrogen-bond acceptors (Lipinski definition) is 5. The van der Waals surface area contributed by atoms with E-state index in [0.717, 1.165) is 4.90 Å². The van der Waals surface area contributed by atoms with Crippen molar-refractivity contribution in [2.45, 2.75) is 32.2 Å². The van der Waals surface area contributed by atoms with Gasteiger partial charge in [0, 0.05) is 17.0 Å². The van der Waals surface area contributed by atoms with Crippen LogP contribution in [0.15, 0.2) is 70.9 Å². The van der Waals surface area contributed by atoms with Crippen molar-refractivity contribution >= 4 is 23.1 Å². The van der Waals surface area contributed by atoms with E-state index in [-0.39, 0.29) is 16.8 Å². The van der Waals surface area contributed by atoms with Crippen LogP contribution < -0.4 is 4.90 Å². The van der Waals surface area contributed by atoms with Crippen molar-refractivity contribution in [1.82, 2.24) is 5.16 Å². The van der Waals surface area contributed by atoms with Gasteiger partial charge in [-0.05, 0) is 17.7 Å². The van der Waals surface area contributed by atoms with E-state index in [1.165, 1.54) is 24.3 Å². The third kappa shape index (κ3) is 3.63. The molecule has 1 amide bonds. The Hall–Kier alpha value is -3.74. The molecule has 6 nitrogen and oxygen atoms in total. The lowest BCUT2D eigenvalue weighted by Gasteiger charge is -2.21. The van der Waals surface area contributed by atoms with Crippen molar-refractivity contribution in [3.8, 4) is 0 Å². The van der Waals surface area contributed by atoms with Crippen molar-refractivity contribution < 1.29 is 23.6 Å². The normalized spacial score (nSPS) is 16.8. The number of amides is 1. The van der Waals surface area contributed by atoms with Crippen molar-refractivity contribution in [2.75, 3.05) is 4.90 Å². The Kier molecular flexibility index (Phi) is 4.97. The zero-order valence-corrected chi connectivity index (χ0v) is 17.3. The highest BCUT2D eigenvalue weighted by atomic mass is 19.1. The van der Waals surface area contributed by atoms with Crippen molar-refractivity contribution in [2.24, 2.45) is 0 Å². The van der Waals surface area contributed by atoms with Crippen LogP contribution >= 0.6 is 0 Å². The molecule has 31 heavy (non-hydrogen) atoms. The van der Waals surface area contributed by atoms with E-state index in [0.29, 0.717) is 16.9 Å². The molecule has 158 valence electrons. The molecule has 7 heteroatoms. The Labute approximate surface area is 178 Å². The lowest BCUT2D eigenvalue weighted by molar-refractivity contribution is -0.113. The summed E-state index contributed by atoms with van der Waals surface area (Å²) >= 11 is 0. The minimum absolute atomic E-state index is 0.0745. The molecule has 0 fully saturated rings. The molecule has 0 spiro atoms. The third-order valence-electron chi connectivity index (χ3n) is 5.13. The van der Waals surface area contributed by atoms with Gasteiger partial charge in [0.1, 0.15) is 17.3 Å². The van der Waals surface area contributed by atoms with Gasteiger partial charge in [0.2, 0.25) is 0 Å². The van der Waals surface area contributed by atoms with Crippen LogP contribution in [0.3, 0.4) is 0 Å². The molecule has 2 aromatic carbocycles. The van der Waals surface area contributed by atoms with Gasteiger partial charge in [-0.2, -0.15) is 0 Å². The lowest BCUT2D eigenvalue weighted by Crippen LogP contribution is -2.41. The van der Waals surface area contributed by atoms with Gasteiger partial charge in [-0.3, -0.25) is 14.5 Å². The monoisotopic (exact) mass is 420 g/mol. The Balaban J connectivity index is 1.84. The third-order valence-corrected chi connectivity index (χ3v) is 5.13. The van der Waals surface area contributed by atoms with E-state index in [2.05, 4.69) is 5.16 Å². The summed E-state index contributed by atoms with van der Waals surface area (Å²) in [5.74, 6) is -1.33. The van der Waals surface area contributed by atoms with E-state index in [9.17, 15) is 19.1 Å². The summed E-state index contributed by atoms with van der Waals surface area (Å²) in [7, 11) is 0. The first-order chi connectivity index (χ1) is 14.7. The van der Waals surface area contributed by atoms with Crippen molar-refractivity contribution in [3.63, 3.8) is 0 Å². The van der Waals surface area contributed by atoms with Crippen LogP contribution in [0.5, 0.6) is 0 Å². The summed E-state index contributed by atoms with van der Waals surface area (Å²) in [5, 5.41) is 15.0. The fraction of sp³-hybridized carbons (Fsp3) is 0.208. The number of aliphatic hydroxyl groups excluding tert-OH is 1. The molecule has 4 rings (SSSR count). The summed E-state index contributed by atoms with van der Waals surface area (Å²) in [5.41, 5.74) is 0.186. The van der Waals surface area contributed by atoms with Crippen LogP contribution in [0.4, 0.5) is 10.2 Å². The minimum Gasteiger partial charge on any atom is -0.509 e. The molecule has 1 aliphatic rings. The van der Waals surface area contributed by atoms with E-state index in [4.69, 9.17) is 4.52 Å². The number of anilines is 1. The molecule has 0 saturated heterocycles. The van der Waals surface area contributed by atoms with Crippen LogP contribution in [-0.2, 0) is 10.2 Å². The van der Waals surface area contributed by atoms with Crippen LogP contribution in [0.25, 0.3) is 5.57 Å². The van der Waals surface area contributed by atoms with Crippen LogP contribution in [0, 0.1) is 5.82 Å². The molecule has 0 aliphatic carbocycles. The molecule has 0 unspecified atom stereocenters. The lowest BCUT2D eigenvalue weighted by atomic mass is 9.93. The second-order valence-corrected chi connectivity index (χ2v) is 8.37. The standard InChI is InChI=1S/C24H21FN2O4/c1-24(2,3)17-13-18(26-31-17)27-20(21(28)15-7-5-4-6-8-15)22(29)19(23(27)30)14-9-11-16(25)12-10-14/h4-13,20,29H,1-3H3/t20-/m1/s1. The van der Waals surface area contributed by atoms with Gasteiger partial charge in [-0.15, -0.1) is 0 Å². The second-order valence-electron chi connectivity index (χ2n) is 8.37. The summed E-state index contributed by atoms with van der Waals surface area (Å²) < 4.78 is 18.8. The number of benzene rings is 2. The Morgan fingerprint density at radius 1 is 1.10 bits per heavy atom. The number of aliphatic hydroxyl groups is 1. The first kappa shape index (κ1) is 20.5. The maximum Gasteiger partial charge on any atom is 0.264 e. The highest BCUT2D eigenvalue weighted by Gasteiger charge is 2.46. The van der Waals surface area contributed by atoms with E-state index < -0.39 is 29.3 Å². The smallest absolute Gasteiger partial charge is 0.264 e. The highest BCUT2D eigenvalue weighted by Crippen LogP contribution is 2.37. The number of hydrogen-bond donors (Lipinski definition) is 1. The largest absolute Gasteiger partial charge is 0.509 e. The number of carbonyl (C=O) groups is 2. The number of ketones is 1. The van der Waals surface area contributed by atoms with Gasteiger partial charge in [-0.1, -0.05) is 68.4 Å². The zero-order chi connectivity index (χ0) is 22.3. The molecular weight excluding hydrogens is 399 g/mol. The number of Topliss-reactive ketones (excluding diaryl/α,β-unsaturated/α-hetero) is 1. The average Bonchev–Trinajstić information content (AvgIpc) is 3.32. The predicted molar refractivity (Wildman–Crippen MR) is 113 cm³/mol. The summed E-state index contributed by atoms with van der Waals surface area (Å²) in [6.07, 6.45) is 0. The van der Waals surface area contributed by atoms with E-state index in [1.54, 1.807) is 36.4 Å². The molecule has 0 radical (unpaired) electrons. The van der Waals surface area contributed by atoms with Gasteiger partial charge in [0.25, 0.3) is 5.91 Å². The highest BCUT2D eigenvalue weighted by molar-refractivity contribution is 6.33. The first-order valence-corrected chi connectivity index (χ1v) is 9.77. The SMILES string of the molecule is CC(C)(C)c1cc(N2C(=O)C(c3ccc(F)cc3)=C(O)[C@H]2C(=O)c2ccccc2)no1. The van der Waals surface area contributed by atoms with Crippen molar-refractivity contribution in [3.05, 3.63) is 89.1 Å². The number of rotatable bonds is 4. The maximum absolute atomic E-state index is 13.4. The summed E-state index contributed by atoms with van der Waals surface area (Å²) in [6.45, 7) is 5.78. The van der Waals surface area contributed by atoms with Crippen LogP contribution in [-0.4, -0.2) is 28.0 Å². The number of halogens is 1. The quantitative estimate of drug-likeness (QED) is 0.620. The number of nitrogens with zero attached hydrogens (tertiary/aromatic N) is 2. The van der Waals surface area contributed by atoms with Gasteiger partial charge < -0.3 is 9.63 Å². The first-order valence-electron chi connectivity index (χ1n) is 9.77. The molecule has 1 aliphatic heterocycles. The topological polar surface area (TPSA) is 83.6 Å². The molecule has 1 N–H and O–H groups in total. The van der Waals surface area contributed by atoms with Crippen LogP contribution in [0.2, 0.25) is 0 Å². The van der Waals surface area contributed by atoms with Crippen LogP contribution in [0.1, 0.15) is 42.5 Å². The Morgan fingerprint density at radius 3 is 2.32 bits per heavy atom. The molecular formula is C24H21FN2O4. The summed E-state index contributed by atoms with van der Waals surface area (Å²) in [4.78, 5) is 27.8. The fourth-order valence-corrected chi connectivity index (χ4v) is 3.47.